The fourth-order valence-corrected chi connectivity index (χ4v) is 4.67. The Morgan fingerprint density at radius 3 is 2.58 bits per heavy atom. The number of likely N-dealkylation sites (tertiary alicyclic amines) is 1. The monoisotopic (exact) mass is 376 g/mol. The van der Waals surface area contributed by atoms with Crippen molar-refractivity contribution in [1.29, 1.82) is 0 Å². The van der Waals surface area contributed by atoms with E-state index in [9.17, 15) is 9.59 Å². The summed E-state index contributed by atoms with van der Waals surface area (Å²) < 4.78 is 0. The molecule has 0 atom stereocenters. The maximum Gasteiger partial charge on any atom is 0.434 e. The quantitative estimate of drug-likeness (QED) is 0.611. The minimum Gasteiger partial charge on any atom is -0.321 e. The van der Waals surface area contributed by atoms with Crippen molar-refractivity contribution in [2.45, 2.75) is 57.3 Å². The second-order valence-corrected chi connectivity index (χ2v) is 8.84. The van der Waals surface area contributed by atoms with Gasteiger partial charge in [-0.2, -0.15) is 5.48 Å². The van der Waals surface area contributed by atoms with Gasteiger partial charge < -0.3 is 9.74 Å². The van der Waals surface area contributed by atoms with Gasteiger partial charge in [-0.3, -0.25) is 4.79 Å². The number of nitrogens with one attached hydrogen (secondary N) is 1. The summed E-state index contributed by atoms with van der Waals surface area (Å²) in [4.78, 5) is 32.3. The lowest BCUT2D eigenvalue weighted by Gasteiger charge is -2.39. The SMILES string of the molecule is CCSc1c(CC2(C)CCC2)cccc1C(=O)NOC(=O)N1CCCC1. The third-order valence-electron chi connectivity index (χ3n) is 5.40. The van der Waals surface area contributed by atoms with Gasteiger partial charge in [0.25, 0.3) is 5.91 Å². The molecule has 3 rings (SSSR count). The van der Waals surface area contributed by atoms with E-state index in [2.05, 4.69) is 25.4 Å². The summed E-state index contributed by atoms with van der Waals surface area (Å²) in [5.41, 5.74) is 4.51. The zero-order valence-corrected chi connectivity index (χ0v) is 16.5. The van der Waals surface area contributed by atoms with Crippen LogP contribution in [0, 0.1) is 5.41 Å². The smallest absolute Gasteiger partial charge is 0.321 e. The molecule has 6 heteroatoms. The Kier molecular flexibility index (Phi) is 6.12. The Bertz CT molecular complexity index is 667. The molecule has 1 N–H and O–H groups in total. The molecule has 0 bridgehead atoms. The van der Waals surface area contributed by atoms with Crippen molar-refractivity contribution in [3.63, 3.8) is 0 Å². The standard InChI is InChI=1S/C20H28N2O3S/c1-3-26-17-15(14-20(2)10-7-11-20)8-6-9-16(17)18(23)21-25-19(24)22-12-4-5-13-22/h6,8-9H,3-5,7,10-14H2,1-2H3,(H,21,23). The van der Waals surface area contributed by atoms with Crippen LogP contribution in [0.25, 0.3) is 0 Å². The number of nitrogens with zero attached hydrogens (tertiary/aromatic N) is 1. The molecule has 142 valence electrons. The zero-order chi connectivity index (χ0) is 18.6. The molecule has 2 aliphatic rings. The lowest BCUT2D eigenvalue weighted by molar-refractivity contribution is 0.0448. The fraction of sp³-hybridized carbons (Fsp3) is 0.600. The topological polar surface area (TPSA) is 58.6 Å². The molecule has 1 saturated heterocycles. The molecule has 0 spiro atoms. The van der Waals surface area contributed by atoms with Crippen molar-refractivity contribution in [2.75, 3.05) is 18.8 Å². The molecule has 1 aliphatic heterocycles. The van der Waals surface area contributed by atoms with Crippen molar-refractivity contribution < 1.29 is 14.4 Å². The van der Waals surface area contributed by atoms with E-state index in [0.717, 1.165) is 29.9 Å². The van der Waals surface area contributed by atoms with Crippen molar-refractivity contribution in [1.82, 2.24) is 10.4 Å². The van der Waals surface area contributed by atoms with Crippen LogP contribution in [0.1, 0.15) is 61.9 Å². The molecule has 0 unspecified atom stereocenters. The van der Waals surface area contributed by atoms with Gasteiger partial charge in [0.05, 0.1) is 5.56 Å². The van der Waals surface area contributed by atoms with Crippen molar-refractivity contribution >= 4 is 23.8 Å². The summed E-state index contributed by atoms with van der Waals surface area (Å²) in [5.74, 6) is 0.538. The molecule has 1 aromatic carbocycles. The van der Waals surface area contributed by atoms with E-state index in [4.69, 9.17) is 4.84 Å². The van der Waals surface area contributed by atoms with E-state index in [0.29, 0.717) is 24.1 Å². The van der Waals surface area contributed by atoms with Crippen LogP contribution >= 0.6 is 11.8 Å². The molecule has 2 fully saturated rings. The summed E-state index contributed by atoms with van der Waals surface area (Å²) in [5, 5.41) is 0. The molecular weight excluding hydrogens is 348 g/mol. The highest BCUT2D eigenvalue weighted by Crippen LogP contribution is 2.44. The maximum atomic E-state index is 12.6. The molecule has 5 nitrogen and oxygen atoms in total. The predicted molar refractivity (Wildman–Crippen MR) is 103 cm³/mol. The van der Waals surface area contributed by atoms with Crippen molar-refractivity contribution in [3.8, 4) is 0 Å². The Hall–Kier alpha value is -1.69. The number of carbonyl (C=O) groups excluding carboxylic acids is 2. The minimum absolute atomic E-state index is 0.348. The number of rotatable bonds is 5. The second-order valence-electron chi connectivity index (χ2n) is 7.56. The van der Waals surface area contributed by atoms with Crippen LogP contribution in [0.4, 0.5) is 4.79 Å². The second kappa shape index (κ2) is 8.33. The average Bonchev–Trinajstić information content (AvgIpc) is 3.14. The van der Waals surface area contributed by atoms with Gasteiger partial charge in [0, 0.05) is 18.0 Å². The summed E-state index contributed by atoms with van der Waals surface area (Å²) >= 11 is 1.68. The number of carbonyl (C=O) groups is 2. The summed E-state index contributed by atoms with van der Waals surface area (Å²) in [6, 6.07) is 5.85. The molecule has 1 aliphatic carbocycles. The van der Waals surface area contributed by atoms with E-state index in [-0.39, 0.29) is 5.91 Å². The van der Waals surface area contributed by atoms with E-state index in [1.54, 1.807) is 16.7 Å². The highest BCUT2D eigenvalue weighted by Gasteiger charge is 2.33. The molecule has 2 amide bonds. The van der Waals surface area contributed by atoms with Gasteiger partial charge in [-0.1, -0.05) is 32.4 Å². The maximum absolute atomic E-state index is 12.6. The minimum atomic E-state index is -0.473. The normalized spacial score (nSPS) is 18.3. The first-order chi connectivity index (χ1) is 12.5. The van der Waals surface area contributed by atoms with Crippen LogP contribution in [0.2, 0.25) is 0 Å². The van der Waals surface area contributed by atoms with E-state index in [1.165, 1.54) is 24.8 Å². The Morgan fingerprint density at radius 2 is 1.96 bits per heavy atom. The molecule has 26 heavy (non-hydrogen) atoms. The number of hydrogen-bond donors (Lipinski definition) is 1. The van der Waals surface area contributed by atoms with Gasteiger partial charge in [-0.25, -0.2) is 4.79 Å². The van der Waals surface area contributed by atoms with Crippen LogP contribution in [0.3, 0.4) is 0 Å². The molecule has 1 saturated carbocycles. The largest absolute Gasteiger partial charge is 0.434 e. The van der Waals surface area contributed by atoms with Crippen molar-refractivity contribution in [3.05, 3.63) is 29.3 Å². The molecular formula is C20H28N2O3S. The van der Waals surface area contributed by atoms with E-state index >= 15 is 0 Å². The zero-order valence-electron chi connectivity index (χ0n) is 15.7. The van der Waals surface area contributed by atoms with Gasteiger partial charge in [-0.05, 0) is 54.9 Å². The van der Waals surface area contributed by atoms with Gasteiger partial charge in [0.2, 0.25) is 0 Å². The Balaban J connectivity index is 1.70. The highest BCUT2D eigenvalue weighted by molar-refractivity contribution is 7.99. The first kappa shape index (κ1) is 19.1. The lowest BCUT2D eigenvalue weighted by atomic mass is 9.67. The molecule has 0 radical (unpaired) electrons. The molecule has 1 aromatic rings. The third kappa shape index (κ3) is 4.34. The van der Waals surface area contributed by atoms with Gasteiger partial charge in [0.1, 0.15) is 0 Å². The first-order valence-electron chi connectivity index (χ1n) is 9.53. The summed E-state index contributed by atoms with van der Waals surface area (Å²) in [6.07, 6.45) is 6.27. The summed E-state index contributed by atoms with van der Waals surface area (Å²) in [7, 11) is 0. The Labute approximate surface area is 159 Å². The number of amides is 2. The number of hydroxylamine groups is 1. The number of thioether (sulfide) groups is 1. The van der Waals surface area contributed by atoms with Crippen LogP contribution in [0.5, 0.6) is 0 Å². The third-order valence-corrected chi connectivity index (χ3v) is 6.46. The lowest BCUT2D eigenvalue weighted by Crippen LogP contribution is -2.36. The van der Waals surface area contributed by atoms with Gasteiger partial charge in [0.15, 0.2) is 0 Å². The predicted octanol–water partition coefficient (Wildman–Crippen LogP) is 4.41. The molecule has 0 aromatic heterocycles. The van der Waals surface area contributed by atoms with E-state index < -0.39 is 6.09 Å². The van der Waals surface area contributed by atoms with Gasteiger partial charge in [-0.15, -0.1) is 11.8 Å². The van der Waals surface area contributed by atoms with Gasteiger partial charge >= 0.3 is 6.09 Å². The van der Waals surface area contributed by atoms with Crippen LogP contribution < -0.4 is 5.48 Å². The van der Waals surface area contributed by atoms with Crippen LogP contribution in [0.15, 0.2) is 23.1 Å². The van der Waals surface area contributed by atoms with Crippen LogP contribution in [-0.2, 0) is 11.3 Å². The number of benzene rings is 1. The highest BCUT2D eigenvalue weighted by atomic mass is 32.2. The fourth-order valence-electron chi connectivity index (χ4n) is 3.74. The van der Waals surface area contributed by atoms with Crippen LogP contribution in [-0.4, -0.2) is 35.7 Å². The first-order valence-corrected chi connectivity index (χ1v) is 10.5. The molecule has 1 heterocycles. The Morgan fingerprint density at radius 1 is 1.23 bits per heavy atom. The van der Waals surface area contributed by atoms with Crippen molar-refractivity contribution in [2.24, 2.45) is 5.41 Å². The van der Waals surface area contributed by atoms with E-state index in [1.807, 2.05) is 12.1 Å². The summed E-state index contributed by atoms with van der Waals surface area (Å²) in [6.45, 7) is 5.79. The average molecular weight is 377 g/mol. The number of hydrogen-bond acceptors (Lipinski definition) is 4.